The predicted molar refractivity (Wildman–Crippen MR) is 167 cm³/mol. The van der Waals surface area contributed by atoms with Crippen molar-refractivity contribution < 1.29 is 28.0 Å². The summed E-state index contributed by atoms with van der Waals surface area (Å²) < 4.78 is 31.6. The number of pyridine rings is 1. The third kappa shape index (κ3) is 6.03. The van der Waals surface area contributed by atoms with E-state index in [2.05, 4.69) is 27.3 Å². The SMILES string of the molecule is O=C1CCC(N2Cc3ccc(C(=O)N4CCC(N5CCN(C(c6ccccc6)c6ccccn6)CC5)C(F)(F)C4)cc3C2=O)C(=O)N1. The van der Waals surface area contributed by atoms with Crippen LogP contribution in [0.25, 0.3) is 0 Å². The molecule has 0 aliphatic carbocycles. The average Bonchev–Trinajstić information content (AvgIpc) is 3.40. The summed E-state index contributed by atoms with van der Waals surface area (Å²) in [6.45, 7) is 1.80. The molecule has 3 aromatic rings. The zero-order valence-electron chi connectivity index (χ0n) is 25.9. The van der Waals surface area contributed by atoms with Gasteiger partial charge >= 0.3 is 0 Å². The molecule has 3 unspecified atom stereocenters. The molecule has 4 amide bonds. The number of alkyl halides is 2. The van der Waals surface area contributed by atoms with Crippen LogP contribution in [0, 0.1) is 0 Å². The summed E-state index contributed by atoms with van der Waals surface area (Å²) in [5.41, 5.74) is 3.11. The van der Waals surface area contributed by atoms with Crippen molar-refractivity contribution in [2.45, 2.75) is 49.9 Å². The first-order chi connectivity index (χ1) is 22.7. The van der Waals surface area contributed by atoms with E-state index in [4.69, 9.17) is 0 Å². The van der Waals surface area contributed by atoms with Gasteiger partial charge in [-0.05, 0) is 48.2 Å². The summed E-state index contributed by atoms with van der Waals surface area (Å²) in [7, 11) is 0. The molecule has 1 N–H and O–H groups in total. The van der Waals surface area contributed by atoms with Gasteiger partial charge in [0, 0.05) is 63.0 Å². The van der Waals surface area contributed by atoms with E-state index in [-0.39, 0.29) is 55.4 Å². The first kappa shape index (κ1) is 31.1. The van der Waals surface area contributed by atoms with Crippen molar-refractivity contribution in [2.24, 2.45) is 0 Å². The number of carbonyl (C=O) groups excluding carboxylic acids is 4. The number of fused-ring (bicyclic) bond motifs is 1. The van der Waals surface area contributed by atoms with Gasteiger partial charge in [-0.2, -0.15) is 0 Å². The quantitative estimate of drug-likeness (QED) is 0.412. The Labute approximate surface area is 271 Å². The Balaban J connectivity index is 0.992. The summed E-state index contributed by atoms with van der Waals surface area (Å²) in [6.07, 6.45) is 2.27. The van der Waals surface area contributed by atoms with Crippen LogP contribution >= 0.6 is 0 Å². The number of benzene rings is 2. The Bertz CT molecular complexity index is 1640. The highest BCUT2D eigenvalue weighted by atomic mass is 19.3. The van der Waals surface area contributed by atoms with Gasteiger partial charge in [-0.25, -0.2) is 8.78 Å². The molecule has 0 radical (unpaired) electrons. The number of aromatic nitrogens is 1. The third-order valence-electron chi connectivity index (χ3n) is 9.86. The van der Waals surface area contributed by atoms with Crippen LogP contribution in [0.4, 0.5) is 8.78 Å². The lowest BCUT2D eigenvalue weighted by Gasteiger charge is -2.47. The van der Waals surface area contributed by atoms with E-state index in [0.717, 1.165) is 11.3 Å². The highest BCUT2D eigenvalue weighted by Gasteiger charge is 2.49. The number of carbonyl (C=O) groups is 4. The van der Waals surface area contributed by atoms with E-state index in [1.54, 1.807) is 18.3 Å². The Morgan fingerprint density at radius 3 is 2.38 bits per heavy atom. The van der Waals surface area contributed by atoms with E-state index in [1.165, 1.54) is 15.9 Å². The van der Waals surface area contributed by atoms with Crippen LogP contribution in [0.5, 0.6) is 0 Å². The topological polar surface area (TPSA) is 106 Å². The monoisotopic (exact) mass is 642 g/mol. The van der Waals surface area contributed by atoms with Crippen molar-refractivity contribution in [1.29, 1.82) is 0 Å². The molecule has 4 aliphatic rings. The molecule has 3 atom stereocenters. The summed E-state index contributed by atoms with van der Waals surface area (Å²) in [5.74, 6) is -4.97. The molecular formula is C35H36F2N6O4. The van der Waals surface area contributed by atoms with Crippen LogP contribution in [0.1, 0.15) is 62.8 Å². The fourth-order valence-electron chi connectivity index (χ4n) is 7.47. The standard InChI is InChI=1S/C35H36F2N6O4/c36-35(37)22-42(33(46)24-9-10-25-21-43(34(47)26(25)20-24)28-11-12-30(44)39-32(28)45)15-13-29(35)40-16-18-41(19-17-40)31(23-6-2-1-3-7-23)27-8-4-5-14-38-27/h1-10,14,20,28-29,31H,11-13,15-19,21-22H2,(H,39,44,45). The van der Waals surface area contributed by atoms with Gasteiger partial charge in [-0.3, -0.25) is 39.3 Å². The Morgan fingerprint density at radius 1 is 0.915 bits per heavy atom. The maximum absolute atomic E-state index is 15.8. The zero-order chi connectivity index (χ0) is 32.7. The average molecular weight is 643 g/mol. The minimum Gasteiger partial charge on any atom is -0.332 e. The smallest absolute Gasteiger partial charge is 0.280 e. The number of imide groups is 1. The van der Waals surface area contributed by atoms with Crippen LogP contribution in [0.2, 0.25) is 0 Å². The molecule has 4 aliphatic heterocycles. The van der Waals surface area contributed by atoms with Gasteiger partial charge < -0.3 is 9.80 Å². The number of nitrogens with one attached hydrogen (secondary N) is 1. The molecule has 47 heavy (non-hydrogen) atoms. The number of piperidine rings is 2. The highest BCUT2D eigenvalue weighted by Crippen LogP contribution is 2.35. The Kier molecular flexibility index (Phi) is 8.31. The number of rotatable bonds is 6. The molecule has 3 fully saturated rings. The van der Waals surface area contributed by atoms with E-state index < -0.39 is 42.3 Å². The Hall–Kier alpha value is -4.55. The molecule has 2 aromatic carbocycles. The highest BCUT2D eigenvalue weighted by molar-refractivity contribution is 6.06. The molecule has 1 aromatic heterocycles. The van der Waals surface area contributed by atoms with Gasteiger partial charge in [0.25, 0.3) is 17.7 Å². The lowest BCUT2D eigenvalue weighted by Crippen LogP contribution is -2.62. The molecule has 0 spiro atoms. The molecule has 12 heteroatoms. The lowest BCUT2D eigenvalue weighted by molar-refractivity contribution is -0.136. The molecular weight excluding hydrogens is 606 g/mol. The van der Waals surface area contributed by atoms with Gasteiger partial charge in [0.15, 0.2) is 0 Å². The van der Waals surface area contributed by atoms with Crippen molar-refractivity contribution in [3.63, 3.8) is 0 Å². The second kappa shape index (κ2) is 12.6. The van der Waals surface area contributed by atoms with Crippen LogP contribution in [0.15, 0.2) is 72.9 Å². The summed E-state index contributed by atoms with van der Waals surface area (Å²) in [6, 6.07) is 18.7. The lowest BCUT2D eigenvalue weighted by atomic mass is 9.96. The van der Waals surface area contributed by atoms with Gasteiger partial charge in [0.2, 0.25) is 11.8 Å². The van der Waals surface area contributed by atoms with Gasteiger partial charge in [-0.15, -0.1) is 0 Å². The molecule has 244 valence electrons. The van der Waals surface area contributed by atoms with Crippen LogP contribution in [-0.4, -0.2) is 105 Å². The number of amides is 4. The number of likely N-dealkylation sites (tertiary alicyclic amines) is 1. The second-order valence-electron chi connectivity index (χ2n) is 12.7. The van der Waals surface area contributed by atoms with E-state index in [1.807, 2.05) is 41.3 Å². The molecule has 5 heterocycles. The van der Waals surface area contributed by atoms with Crippen LogP contribution in [0.3, 0.4) is 0 Å². The first-order valence-electron chi connectivity index (χ1n) is 16.1. The van der Waals surface area contributed by atoms with E-state index in [0.29, 0.717) is 31.7 Å². The molecule has 7 rings (SSSR count). The fraction of sp³-hybridized carbons (Fsp3) is 0.400. The van der Waals surface area contributed by atoms with Crippen molar-refractivity contribution in [3.05, 3.63) is 101 Å². The fourth-order valence-corrected chi connectivity index (χ4v) is 7.47. The number of hydrogen-bond donors (Lipinski definition) is 1. The van der Waals surface area contributed by atoms with E-state index >= 15 is 8.78 Å². The summed E-state index contributed by atoms with van der Waals surface area (Å²) in [4.78, 5) is 62.0. The molecule has 0 bridgehead atoms. The first-order valence-corrected chi connectivity index (χ1v) is 16.1. The second-order valence-corrected chi connectivity index (χ2v) is 12.7. The summed E-state index contributed by atoms with van der Waals surface area (Å²) in [5, 5.41) is 2.27. The van der Waals surface area contributed by atoms with Crippen molar-refractivity contribution in [3.8, 4) is 0 Å². The number of piperazine rings is 1. The number of hydrogen-bond acceptors (Lipinski definition) is 7. The zero-order valence-corrected chi connectivity index (χ0v) is 25.9. The van der Waals surface area contributed by atoms with Crippen molar-refractivity contribution in [2.75, 3.05) is 39.3 Å². The normalized spacial score (nSPS) is 24.2. The van der Waals surface area contributed by atoms with E-state index in [9.17, 15) is 19.2 Å². The van der Waals surface area contributed by atoms with Gasteiger partial charge in [-0.1, -0.05) is 42.5 Å². The van der Waals surface area contributed by atoms with Crippen molar-refractivity contribution in [1.82, 2.24) is 29.9 Å². The van der Waals surface area contributed by atoms with Crippen LogP contribution in [-0.2, 0) is 16.1 Å². The third-order valence-corrected chi connectivity index (χ3v) is 9.86. The molecule has 0 saturated carbocycles. The Morgan fingerprint density at radius 2 is 1.68 bits per heavy atom. The minimum atomic E-state index is -3.12. The van der Waals surface area contributed by atoms with Gasteiger partial charge in [0.05, 0.1) is 24.3 Å². The number of nitrogens with zero attached hydrogens (tertiary/aromatic N) is 5. The van der Waals surface area contributed by atoms with Crippen molar-refractivity contribution >= 4 is 23.6 Å². The summed E-state index contributed by atoms with van der Waals surface area (Å²) >= 11 is 0. The predicted octanol–water partition coefficient (Wildman–Crippen LogP) is 3.10. The molecule has 3 saturated heterocycles. The largest absolute Gasteiger partial charge is 0.332 e. The van der Waals surface area contributed by atoms with Gasteiger partial charge in [0.1, 0.15) is 6.04 Å². The molecule has 10 nitrogen and oxygen atoms in total. The maximum atomic E-state index is 15.8. The number of halogens is 2. The minimum absolute atomic E-state index is 0.0742. The van der Waals surface area contributed by atoms with Crippen LogP contribution < -0.4 is 5.32 Å². The maximum Gasteiger partial charge on any atom is 0.280 e.